The van der Waals surface area contributed by atoms with Crippen molar-refractivity contribution in [3.63, 3.8) is 0 Å². The Balaban J connectivity index is 3.12. The maximum Gasteiger partial charge on any atom is 0.161 e. The van der Waals surface area contributed by atoms with Crippen LogP contribution in [0.2, 0.25) is 0 Å². The van der Waals surface area contributed by atoms with Gasteiger partial charge in [-0.25, -0.2) is 0 Å². The molecule has 2 nitrogen and oxygen atoms in total. The third kappa shape index (κ3) is 3.84. The molecule has 1 rings (SSSR count). The van der Waals surface area contributed by atoms with Crippen molar-refractivity contribution in [1.82, 2.24) is 0 Å². The fourth-order valence-electron chi connectivity index (χ4n) is 1.96. The highest BCUT2D eigenvalue weighted by atomic mass is 79.9. The summed E-state index contributed by atoms with van der Waals surface area (Å²) in [5.74, 6) is 0.124. The zero-order valence-corrected chi connectivity index (χ0v) is 12.4. The van der Waals surface area contributed by atoms with Crippen LogP contribution in [0.4, 0.5) is 5.69 Å². The molecule has 0 saturated heterocycles. The second-order valence-corrected chi connectivity index (χ2v) is 5.12. The summed E-state index contributed by atoms with van der Waals surface area (Å²) in [6.45, 7) is 7.94. The lowest BCUT2D eigenvalue weighted by atomic mass is 10.1. The van der Waals surface area contributed by atoms with Crippen molar-refractivity contribution in [2.24, 2.45) is 0 Å². The summed E-state index contributed by atoms with van der Waals surface area (Å²) in [6.07, 6.45) is 2.18. The molecule has 0 bridgehead atoms. The van der Waals surface area contributed by atoms with Gasteiger partial charge < -0.3 is 4.90 Å². The maximum absolute atomic E-state index is 11.7. The first-order valence-electron chi connectivity index (χ1n) is 6.15. The standard InChI is InChI=1S/C14H20BrNO/c1-4-8-16(9-5-2)14-7-6-12(15)10-13(14)11(3)17/h6-7,10H,4-5,8-9H2,1-3H3. The van der Waals surface area contributed by atoms with Crippen LogP contribution in [0.3, 0.4) is 0 Å². The Morgan fingerprint density at radius 2 is 1.82 bits per heavy atom. The number of halogens is 1. The van der Waals surface area contributed by atoms with E-state index >= 15 is 0 Å². The summed E-state index contributed by atoms with van der Waals surface area (Å²) >= 11 is 3.42. The zero-order valence-electron chi connectivity index (χ0n) is 10.8. The number of carbonyl (C=O) groups excluding carboxylic acids is 1. The number of Topliss-reactive ketones (excluding diaryl/α,β-unsaturated/α-hetero) is 1. The second-order valence-electron chi connectivity index (χ2n) is 4.20. The van der Waals surface area contributed by atoms with Gasteiger partial charge in [-0.1, -0.05) is 29.8 Å². The van der Waals surface area contributed by atoms with Gasteiger partial charge in [0.15, 0.2) is 5.78 Å². The minimum absolute atomic E-state index is 0.124. The van der Waals surface area contributed by atoms with Crippen LogP contribution >= 0.6 is 15.9 Å². The third-order valence-corrected chi connectivity index (χ3v) is 3.16. The van der Waals surface area contributed by atoms with Crippen molar-refractivity contribution < 1.29 is 4.79 Å². The zero-order chi connectivity index (χ0) is 12.8. The van der Waals surface area contributed by atoms with Crippen LogP contribution in [0.15, 0.2) is 22.7 Å². The van der Waals surface area contributed by atoms with Gasteiger partial charge in [0.2, 0.25) is 0 Å². The number of anilines is 1. The predicted octanol–water partition coefficient (Wildman–Crippen LogP) is 4.28. The van der Waals surface area contributed by atoms with Gasteiger partial charge in [-0.3, -0.25) is 4.79 Å². The van der Waals surface area contributed by atoms with Gasteiger partial charge >= 0.3 is 0 Å². The molecule has 1 aromatic rings. The lowest BCUT2D eigenvalue weighted by Crippen LogP contribution is -2.26. The predicted molar refractivity (Wildman–Crippen MR) is 76.9 cm³/mol. The van der Waals surface area contributed by atoms with Crippen LogP contribution in [0.25, 0.3) is 0 Å². The van der Waals surface area contributed by atoms with Crippen LogP contribution in [0.1, 0.15) is 44.0 Å². The fourth-order valence-corrected chi connectivity index (χ4v) is 2.32. The molecule has 0 atom stereocenters. The van der Waals surface area contributed by atoms with Crippen molar-refractivity contribution in [1.29, 1.82) is 0 Å². The third-order valence-electron chi connectivity index (χ3n) is 2.67. The van der Waals surface area contributed by atoms with E-state index in [9.17, 15) is 4.79 Å². The van der Waals surface area contributed by atoms with E-state index in [0.29, 0.717) is 0 Å². The second kappa shape index (κ2) is 6.80. The highest BCUT2D eigenvalue weighted by Crippen LogP contribution is 2.25. The van der Waals surface area contributed by atoms with E-state index in [4.69, 9.17) is 0 Å². The molecule has 0 unspecified atom stereocenters. The average molecular weight is 298 g/mol. The summed E-state index contributed by atoms with van der Waals surface area (Å²) < 4.78 is 0.958. The molecule has 0 aliphatic rings. The normalized spacial score (nSPS) is 10.4. The van der Waals surface area contributed by atoms with Crippen molar-refractivity contribution in [3.8, 4) is 0 Å². The fraction of sp³-hybridized carbons (Fsp3) is 0.500. The van der Waals surface area contributed by atoms with Gasteiger partial charge in [0.1, 0.15) is 0 Å². The van der Waals surface area contributed by atoms with Crippen LogP contribution in [-0.2, 0) is 0 Å². The molecule has 0 aliphatic heterocycles. The molecule has 0 saturated carbocycles. The summed E-state index contributed by atoms with van der Waals surface area (Å²) in [5, 5.41) is 0. The molecule has 0 radical (unpaired) electrons. The molecule has 94 valence electrons. The van der Waals surface area contributed by atoms with Crippen LogP contribution in [0.5, 0.6) is 0 Å². The summed E-state index contributed by atoms with van der Waals surface area (Å²) in [5.41, 5.74) is 1.87. The van der Waals surface area contributed by atoms with E-state index in [1.165, 1.54) is 0 Å². The van der Waals surface area contributed by atoms with Crippen LogP contribution in [0, 0.1) is 0 Å². The molecule has 0 aliphatic carbocycles. The Morgan fingerprint density at radius 1 is 1.24 bits per heavy atom. The van der Waals surface area contributed by atoms with Gasteiger partial charge in [-0.2, -0.15) is 0 Å². The van der Waals surface area contributed by atoms with Crippen LogP contribution < -0.4 is 4.90 Å². The van der Waals surface area contributed by atoms with Gasteiger partial charge in [0.25, 0.3) is 0 Å². The average Bonchev–Trinajstić information content (AvgIpc) is 2.28. The Morgan fingerprint density at radius 3 is 2.29 bits per heavy atom. The Hall–Kier alpha value is -0.830. The monoisotopic (exact) mass is 297 g/mol. The highest BCUT2D eigenvalue weighted by Gasteiger charge is 2.13. The molecule has 0 heterocycles. The quantitative estimate of drug-likeness (QED) is 0.731. The number of nitrogens with zero attached hydrogens (tertiary/aromatic N) is 1. The molecule has 0 spiro atoms. The molecule has 1 aromatic carbocycles. The lowest BCUT2D eigenvalue weighted by Gasteiger charge is -2.25. The van der Waals surface area contributed by atoms with Gasteiger partial charge in [-0.15, -0.1) is 0 Å². The van der Waals surface area contributed by atoms with Gasteiger partial charge in [0, 0.05) is 28.8 Å². The SMILES string of the molecule is CCCN(CCC)c1ccc(Br)cc1C(C)=O. The molecular formula is C14H20BrNO. The number of hydrogen-bond donors (Lipinski definition) is 0. The molecule has 0 N–H and O–H groups in total. The minimum atomic E-state index is 0.124. The smallest absolute Gasteiger partial charge is 0.161 e. The molecule has 17 heavy (non-hydrogen) atoms. The Kier molecular flexibility index (Phi) is 5.69. The molecule has 0 aromatic heterocycles. The maximum atomic E-state index is 11.7. The summed E-state index contributed by atoms with van der Waals surface area (Å²) in [4.78, 5) is 14.0. The number of hydrogen-bond acceptors (Lipinski definition) is 2. The van der Waals surface area contributed by atoms with Crippen molar-refractivity contribution in [2.45, 2.75) is 33.6 Å². The first-order valence-corrected chi connectivity index (χ1v) is 6.94. The van der Waals surface area contributed by atoms with E-state index in [0.717, 1.165) is 41.7 Å². The molecule has 0 fully saturated rings. The van der Waals surface area contributed by atoms with E-state index in [1.807, 2.05) is 18.2 Å². The number of rotatable bonds is 6. The van der Waals surface area contributed by atoms with Crippen molar-refractivity contribution in [3.05, 3.63) is 28.2 Å². The van der Waals surface area contributed by atoms with Gasteiger partial charge in [0.05, 0.1) is 0 Å². The first-order chi connectivity index (χ1) is 8.10. The molecule has 0 amide bonds. The van der Waals surface area contributed by atoms with Crippen molar-refractivity contribution in [2.75, 3.05) is 18.0 Å². The summed E-state index contributed by atoms with van der Waals surface area (Å²) in [7, 11) is 0. The Labute approximate surface area is 112 Å². The number of benzene rings is 1. The molecular weight excluding hydrogens is 278 g/mol. The number of ketones is 1. The number of carbonyl (C=O) groups is 1. The lowest BCUT2D eigenvalue weighted by molar-refractivity contribution is 0.101. The minimum Gasteiger partial charge on any atom is -0.371 e. The highest BCUT2D eigenvalue weighted by molar-refractivity contribution is 9.10. The largest absolute Gasteiger partial charge is 0.371 e. The first kappa shape index (κ1) is 14.2. The van der Waals surface area contributed by atoms with E-state index < -0.39 is 0 Å². The van der Waals surface area contributed by atoms with E-state index in [-0.39, 0.29) is 5.78 Å². The van der Waals surface area contributed by atoms with Gasteiger partial charge in [-0.05, 0) is 38.0 Å². The summed E-state index contributed by atoms with van der Waals surface area (Å²) in [6, 6.07) is 5.95. The van der Waals surface area contributed by atoms with E-state index in [2.05, 4.69) is 34.7 Å². The van der Waals surface area contributed by atoms with Crippen molar-refractivity contribution >= 4 is 27.4 Å². The topological polar surface area (TPSA) is 20.3 Å². The Bertz CT molecular complexity index is 384. The molecule has 3 heteroatoms. The van der Waals surface area contributed by atoms with E-state index in [1.54, 1.807) is 6.92 Å². The van der Waals surface area contributed by atoms with Crippen LogP contribution in [-0.4, -0.2) is 18.9 Å².